The van der Waals surface area contributed by atoms with Crippen molar-refractivity contribution in [2.24, 2.45) is 0 Å². The minimum Gasteiger partial charge on any atom is -1.00 e. The van der Waals surface area contributed by atoms with E-state index >= 15 is 0 Å². The Morgan fingerprint density at radius 3 is 0.800 bits per heavy atom. The first-order valence-electron chi connectivity index (χ1n) is 3.70. The van der Waals surface area contributed by atoms with Gasteiger partial charge in [-0.3, -0.25) is 9.97 Å². The molecule has 0 bridgehead atoms. The maximum atomic E-state index is 3.78. The number of rotatable bonds is 0. The topological polar surface area (TPSA) is 25.8 Å². The van der Waals surface area contributed by atoms with Crippen LogP contribution >= 0.6 is 0 Å². The van der Waals surface area contributed by atoms with Crippen molar-refractivity contribution >= 4 is 0 Å². The number of nitrogens with zero attached hydrogens (tertiary/aromatic N) is 2. The summed E-state index contributed by atoms with van der Waals surface area (Å²) in [5.41, 5.74) is 0. The van der Waals surface area contributed by atoms with E-state index in [9.17, 15) is 0 Å². The molecule has 2 nitrogen and oxygen atoms in total. The average Bonchev–Trinajstić information content (AvgIpc) is 2.24. The van der Waals surface area contributed by atoms with Gasteiger partial charge in [0.2, 0.25) is 0 Å². The monoisotopic (exact) mass is 283 g/mol. The molecule has 0 saturated heterocycles. The van der Waals surface area contributed by atoms with Gasteiger partial charge in [-0.25, -0.2) is 0 Å². The van der Waals surface area contributed by atoms with Crippen LogP contribution in [0.4, 0.5) is 0 Å². The first kappa shape index (κ1) is 19.9. The van der Waals surface area contributed by atoms with Crippen LogP contribution in [0.3, 0.4) is 0 Å². The summed E-state index contributed by atoms with van der Waals surface area (Å²) in [6.07, 6.45) is 7.00. The molecule has 0 amide bonds. The Morgan fingerprint density at radius 2 is 0.733 bits per heavy atom. The number of aromatic nitrogens is 2. The smallest absolute Gasteiger partial charge is 1.00 e. The van der Waals surface area contributed by atoms with Crippen LogP contribution in [0.15, 0.2) is 61.2 Å². The van der Waals surface area contributed by atoms with Gasteiger partial charge >= 0.3 is 17.1 Å². The fraction of sp³-hybridized carbons (Fsp3) is 0. The van der Waals surface area contributed by atoms with Crippen molar-refractivity contribution in [2.75, 3.05) is 0 Å². The zero-order chi connectivity index (χ0) is 8.49. The second kappa shape index (κ2) is 15.9. The predicted molar refractivity (Wildman–Crippen MR) is 48.5 cm³/mol. The van der Waals surface area contributed by atoms with Crippen molar-refractivity contribution in [1.29, 1.82) is 0 Å². The van der Waals surface area contributed by atoms with E-state index in [1.54, 1.807) is 24.8 Å². The Morgan fingerprint density at radius 1 is 0.467 bits per heavy atom. The summed E-state index contributed by atoms with van der Waals surface area (Å²) in [6.45, 7) is 0. The van der Waals surface area contributed by atoms with Crippen LogP contribution < -0.4 is 24.8 Å². The normalized spacial score (nSPS) is 6.40. The standard InChI is InChI=1S/2C5H5N.2ClH.Mn/c2*1-2-4-6-5-3-1;;;/h2*1-5H;2*1H;/q;;;;+2/p-2. The Hall–Kier alpha value is -0.601. The molecule has 2 aromatic heterocycles. The van der Waals surface area contributed by atoms with Gasteiger partial charge in [-0.1, -0.05) is 12.1 Å². The molecule has 2 aromatic rings. The fourth-order valence-corrected chi connectivity index (χ4v) is 0.625. The van der Waals surface area contributed by atoms with E-state index in [1.165, 1.54) is 0 Å². The molecule has 5 heteroatoms. The number of pyridine rings is 2. The first-order chi connectivity index (χ1) is 6.00. The average molecular weight is 284 g/mol. The predicted octanol–water partition coefficient (Wildman–Crippen LogP) is -3.83. The van der Waals surface area contributed by atoms with Crippen molar-refractivity contribution in [3.05, 3.63) is 61.2 Å². The molecule has 0 spiro atoms. The fourth-order valence-electron chi connectivity index (χ4n) is 0.625. The SMILES string of the molecule is [Cl-].[Cl-].[Mn+2].c1ccncc1.c1ccncc1. The van der Waals surface area contributed by atoms with Crippen LogP contribution in [0, 0.1) is 0 Å². The molecular weight excluding hydrogens is 274 g/mol. The Balaban J connectivity index is -0.000000160. The summed E-state index contributed by atoms with van der Waals surface area (Å²) in [6, 6.07) is 11.4. The zero-order valence-corrected chi connectivity index (χ0v) is 10.5. The number of hydrogen-bond donors (Lipinski definition) is 0. The van der Waals surface area contributed by atoms with Crippen molar-refractivity contribution in [3.63, 3.8) is 0 Å². The third-order valence-corrected chi connectivity index (χ3v) is 1.13. The van der Waals surface area contributed by atoms with Crippen LogP contribution in [0.1, 0.15) is 0 Å². The summed E-state index contributed by atoms with van der Waals surface area (Å²) in [5.74, 6) is 0. The summed E-state index contributed by atoms with van der Waals surface area (Å²) in [4.78, 5) is 7.57. The Kier molecular flexibility index (Phi) is 21.0. The summed E-state index contributed by atoms with van der Waals surface area (Å²) in [5, 5.41) is 0. The van der Waals surface area contributed by atoms with Gasteiger partial charge in [-0.15, -0.1) is 0 Å². The molecule has 2 rings (SSSR count). The molecule has 0 aliphatic carbocycles. The second-order valence-corrected chi connectivity index (χ2v) is 2.05. The minimum atomic E-state index is 0. The van der Waals surface area contributed by atoms with Gasteiger partial charge in [-0.2, -0.15) is 0 Å². The summed E-state index contributed by atoms with van der Waals surface area (Å²) in [7, 11) is 0. The molecule has 0 saturated carbocycles. The molecule has 0 fully saturated rings. The largest absolute Gasteiger partial charge is 2.00 e. The first-order valence-corrected chi connectivity index (χ1v) is 3.70. The van der Waals surface area contributed by atoms with Crippen molar-refractivity contribution in [1.82, 2.24) is 9.97 Å². The van der Waals surface area contributed by atoms with E-state index in [2.05, 4.69) is 9.97 Å². The molecule has 0 aliphatic heterocycles. The molecule has 2 heterocycles. The van der Waals surface area contributed by atoms with Gasteiger partial charge in [0.15, 0.2) is 0 Å². The number of hydrogen-bond acceptors (Lipinski definition) is 2. The Bertz CT molecular complexity index is 197. The third kappa shape index (κ3) is 13.4. The molecule has 0 unspecified atom stereocenters. The maximum absolute atomic E-state index is 3.78. The molecule has 81 valence electrons. The van der Waals surface area contributed by atoms with E-state index in [0.29, 0.717) is 0 Å². The molecule has 0 N–H and O–H groups in total. The quantitative estimate of drug-likeness (QED) is 0.463. The van der Waals surface area contributed by atoms with E-state index in [4.69, 9.17) is 0 Å². The molecular formula is C10H10Cl2MnN2. The molecule has 0 aliphatic rings. The van der Waals surface area contributed by atoms with Gasteiger partial charge in [0.1, 0.15) is 0 Å². The van der Waals surface area contributed by atoms with Crippen molar-refractivity contribution in [2.45, 2.75) is 0 Å². The zero-order valence-electron chi connectivity index (χ0n) is 7.80. The van der Waals surface area contributed by atoms with Crippen LogP contribution in [0.25, 0.3) is 0 Å². The molecule has 15 heavy (non-hydrogen) atoms. The molecule has 0 atom stereocenters. The molecule has 0 aromatic carbocycles. The Labute approximate surface area is 113 Å². The van der Waals surface area contributed by atoms with E-state index in [0.717, 1.165) is 0 Å². The second-order valence-electron chi connectivity index (χ2n) is 2.05. The van der Waals surface area contributed by atoms with Gasteiger partial charge in [0.05, 0.1) is 0 Å². The third-order valence-electron chi connectivity index (χ3n) is 1.13. The van der Waals surface area contributed by atoms with Crippen molar-refractivity contribution < 1.29 is 41.9 Å². The van der Waals surface area contributed by atoms with Crippen molar-refractivity contribution in [3.8, 4) is 0 Å². The van der Waals surface area contributed by atoms with E-state index in [-0.39, 0.29) is 41.9 Å². The van der Waals surface area contributed by atoms with Gasteiger partial charge in [0, 0.05) is 24.8 Å². The summed E-state index contributed by atoms with van der Waals surface area (Å²) < 4.78 is 0. The number of halogens is 2. The van der Waals surface area contributed by atoms with Gasteiger partial charge in [-0.05, 0) is 24.3 Å². The van der Waals surface area contributed by atoms with Crippen LogP contribution in [0.5, 0.6) is 0 Å². The minimum absolute atomic E-state index is 0. The van der Waals surface area contributed by atoms with Crippen LogP contribution in [0.2, 0.25) is 0 Å². The van der Waals surface area contributed by atoms with Gasteiger partial charge < -0.3 is 24.8 Å². The maximum Gasteiger partial charge on any atom is 2.00 e. The molecule has 1 radical (unpaired) electrons. The van der Waals surface area contributed by atoms with E-state index in [1.807, 2.05) is 36.4 Å². The summed E-state index contributed by atoms with van der Waals surface area (Å²) >= 11 is 0. The van der Waals surface area contributed by atoms with Crippen LogP contribution in [-0.4, -0.2) is 9.97 Å². The van der Waals surface area contributed by atoms with Gasteiger partial charge in [0.25, 0.3) is 0 Å². The van der Waals surface area contributed by atoms with Crippen LogP contribution in [-0.2, 0) is 17.1 Å². The van der Waals surface area contributed by atoms with E-state index < -0.39 is 0 Å².